The molecule has 4 aliphatic rings. The molecule has 0 aromatic heterocycles. The number of carbonyl (C=O) groups excluding carboxylic acids is 1. The third-order valence-electron chi connectivity index (χ3n) is 9.93. The van der Waals surface area contributed by atoms with Gasteiger partial charge in [0.25, 0.3) is 0 Å². The van der Waals surface area contributed by atoms with Crippen LogP contribution in [0.4, 0.5) is 13.2 Å². The number of carbonyl (C=O) groups is 1. The molecule has 1 aromatic carbocycles. The van der Waals surface area contributed by atoms with Crippen LogP contribution in [0.15, 0.2) is 24.3 Å². The number of hydrogen-bond acceptors (Lipinski definition) is 3. The fraction of sp³-hybridized carbons (Fsp3) is 0.741. The number of Topliss-reactive ketones (excluding diaryl/α,β-unsaturated/α-hetero) is 1. The number of ether oxygens (including phenoxy) is 1. The molecule has 0 aliphatic heterocycles. The molecule has 0 heterocycles. The van der Waals surface area contributed by atoms with E-state index in [1.807, 2.05) is 6.92 Å². The van der Waals surface area contributed by atoms with Crippen molar-refractivity contribution < 1.29 is 27.8 Å². The number of aliphatic hydroxyl groups is 1. The average molecular weight is 465 g/mol. The highest BCUT2D eigenvalue weighted by Crippen LogP contribution is 2.65. The number of ketones is 1. The number of benzene rings is 1. The van der Waals surface area contributed by atoms with Crippen LogP contribution in [0.25, 0.3) is 0 Å². The van der Waals surface area contributed by atoms with Crippen molar-refractivity contribution in [2.75, 3.05) is 0 Å². The second-order valence-electron chi connectivity index (χ2n) is 11.8. The highest BCUT2D eigenvalue weighted by Gasteiger charge is 2.58. The van der Waals surface area contributed by atoms with Gasteiger partial charge in [-0.3, -0.25) is 4.79 Å². The van der Waals surface area contributed by atoms with Gasteiger partial charge in [-0.05, 0) is 124 Å². The molecule has 0 amide bonds. The van der Waals surface area contributed by atoms with E-state index in [9.17, 15) is 23.1 Å². The molecule has 1 N–H and O–H groups in total. The molecule has 5 rings (SSSR count). The number of halogens is 3. The van der Waals surface area contributed by atoms with Gasteiger partial charge in [0, 0.05) is 11.5 Å². The van der Waals surface area contributed by atoms with Gasteiger partial charge in [0.2, 0.25) is 0 Å². The minimum atomic E-state index is -4.73. The van der Waals surface area contributed by atoms with Crippen molar-refractivity contribution >= 4 is 5.78 Å². The molecule has 0 saturated heterocycles. The van der Waals surface area contributed by atoms with Crippen LogP contribution in [0.2, 0.25) is 0 Å². The molecule has 8 atom stereocenters. The Morgan fingerprint density at radius 1 is 0.939 bits per heavy atom. The molecule has 4 saturated carbocycles. The van der Waals surface area contributed by atoms with Crippen LogP contribution >= 0.6 is 0 Å². The maximum Gasteiger partial charge on any atom is 0.573 e. The van der Waals surface area contributed by atoms with E-state index in [0.29, 0.717) is 35.2 Å². The standard InChI is InChI=1S/C27H35F3O3/c1-25(32)13-11-19-17(15-25)5-8-21-20(19)12-14-26(2)22(21)9-10-23(26)24(31)16-3-6-18(7-4-16)33-27(28,29)30/h3-4,6-7,17,19-23,32H,5,8-15H2,1-2H3/t17-,19+,20-,21-,22?,23-,25-,26+/m1/s1. The van der Waals surface area contributed by atoms with E-state index < -0.39 is 12.0 Å². The Labute approximate surface area is 194 Å². The van der Waals surface area contributed by atoms with Gasteiger partial charge < -0.3 is 9.84 Å². The summed E-state index contributed by atoms with van der Waals surface area (Å²) in [5, 5.41) is 10.6. The van der Waals surface area contributed by atoms with Crippen LogP contribution in [0.5, 0.6) is 5.75 Å². The Morgan fingerprint density at radius 3 is 2.33 bits per heavy atom. The first-order valence-electron chi connectivity index (χ1n) is 12.6. The Hall–Kier alpha value is -1.56. The zero-order valence-electron chi connectivity index (χ0n) is 19.5. The van der Waals surface area contributed by atoms with Crippen LogP contribution in [0.3, 0.4) is 0 Å². The smallest absolute Gasteiger partial charge is 0.406 e. The van der Waals surface area contributed by atoms with Crippen LogP contribution in [-0.4, -0.2) is 22.9 Å². The van der Waals surface area contributed by atoms with Crippen LogP contribution in [0.1, 0.15) is 82.0 Å². The Kier molecular flexibility index (Phi) is 5.62. The predicted octanol–water partition coefficient (Wildman–Crippen LogP) is 6.79. The summed E-state index contributed by atoms with van der Waals surface area (Å²) in [4.78, 5) is 13.5. The third-order valence-corrected chi connectivity index (χ3v) is 9.93. The van der Waals surface area contributed by atoms with Gasteiger partial charge in [0.05, 0.1) is 5.60 Å². The summed E-state index contributed by atoms with van der Waals surface area (Å²) in [6.45, 7) is 4.28. The SMILES string of the molecule is C[C@@]1(O)CC[C@H]2[C@H](CC[C@H]3C4CC[C@H](C(=O)c5ccc(OC(F)(F)F)cc5)[C@@]4(C)CC[C@H]23)C1. The third kappa shape index (κ3) is 4.21. The molecule has 0 bridgehead atoms. The first-order chi connectivity index (χ1) is 15.5. The average Bonchev–Trinajstić information content (AvgIpc) is 3.09. The summed E-state index contributed by atoms with van der Waals surface area (Å²) >= 11 is 0. The van der Waals surface area contributed by atoms with Crippen molar-refractivity contribution in [3.05, 3.63) is 29.8 Å². The molecular formula is C27H35F3O3. The summed E-state index contributed by atoms with van der Waals surface area (Å²) in [7, 11) is 0. The fourth-order valence-electron chi connectivity index (χ4n) is 8.53. The van der Waals surface area contributed by atoms with Gasteiger partial charge in [0.1, 0.15) is 5.75 Å². The molecular weight excluding hydrogens is 429 g/mol. The molecule has 0 spiro atoms. The van der Waals surface area contributed by atoms with Gasteiger partial charge in [-0.2, -0.15) is 0 Å². The molecule has 6 heteroatoms. The zero-order chi connectivity index (χ0) is 23.6. The lowest BCUT2D eigenvalue weighted by molar-refractivity contribution is -0.274. The highest BCUT2D eigenvalue weighted by atomic mass is 19.4. The van der Waals surface area contributed by atoms with Gasteiger partial charge in [-0.15, -0.1) is 13.2 Å². The van der Waals surface area contributed by atoms with Gasteiger partial charge >= 0.3 is 6.36 Å². The van der Waals surface area contributed by atoms with Crippen molar-refractivity contribution in [1.82, 2.24) is 0 Å². The van der Waals surface area contributed by atoms with Gasteiger partial charge in [-0.1, -0.05) is 6.92 Å². The lowest BCUT2D eigenvalue weighted by Crippen LogP contribution is -2.51. The predicted molar refractivity (Wildman–Crippen MR) is 119 cm³/mol. The molecule has 4 fully saturated rings. The minimum Gasteiger partial charge on any atom is -0.406 e. The lowest BCUT2D eigenvalue weighted by atomic mass is 9.49. The van der Waals surface area contributed by atoms with Crippen LogP contribution < -0.4 is 4.74 Å². The summed E-state index contributed by atoms with van der Waals surface area (Å²) in [5.41, 5.74) is -0.0634. The quantitative estimate of drug-likeness (QED) is 0.501. The first-order valence-corrected chi connectivity index (χ1v) is 12.6. The van der Waals surface area contributed by atoms with Crippen LogP contribution in [0, 0.1) is 40.9 Å². The van der Waals surface area contributed by atoms with Gasteiger partial charge in [0.15, 0.2) is 5.78 Å². The Bertz CT molecular complexity index is 893. The van der Waals surface area contributed by atoms with Gasteiger partial charge in [-0.25, -0.2) is 0 Å². The van der Waals surface area contributed by atoms with E-state index in [-0.39, 0.29) is 22.9 Å². The topological polar surface area (TPSA) is 46.5 Å². The van der Waals surface area contributed by atoms with Crippen molar-refractivity contribution in [2.24, 2.45) is 40.9 Å². The van der Waals surface area contributed by atoms with E-state index in [0.717, 1.165) is 44.9 Å². The van der Waals surface area contributed by atoms with Crippen molar-refractivity contribution in [3.8, 4) is 5.75 Å². The molecule has 3 nitrogen and oxygen atoms in total. The second kappa shape index (κ2) is 8.00. The molecule has 0 radical (unpaired) electrons. The molecule has 4 aliphatic carbocycles. The minimum absolute atomic E-state index is 0.0353. The number of fused-ring (bicyclic) bond motifs is 5. The molecule has 182 valence electrons. The Morgan fingerprint density at radius 2 is 1.64 bits per heavy atom. The van der Waals surface area contributed by atoms with E-state index >= 15 is 0 Å². The number of rotatable bonds is 3. The van der Waals surface area contributed by atoms with E-state index in [2.05, 4.69) is 11.7 Å². The maximum absolute atomic E-state index is 13.5. The van der Waals surface area contributed by atoms with Crippen LogP contribution in [-0.2, 0) is 0 Å². The normalized spacial score (nSPS) is 42.7. The largest absolute Gasteiger partial charge is 0.573 e. The monoisotopic (exact) mass is 464 g/mol. The fourth-order valence-corrected chi connectivity index (χ4v) is 8.53. The zero-order valence-corrected chi connectivity index (χ0v) is 19.5. The van der Waals surface area contributed by atoms with E-state index in [4.69, 9.17) is 0 Å². The summed E-state index contributed by atoms with van der Waals surface area (Å²) < 4.78 is 41.3. The molecule has 1 aromatic rings. The maximum atomic E-state index is 13.5. The van der Waals surface area contributed by atoms with Crippen molar-refractivity contribution in [2.45, 2.75) is 83.6 Å². The Balaban J connectivity index is 1.31. The van der Waals surface area contributed by atoms with Crippen molar-refractivity contribution in [1.29, 1.82) is 0 Å². The number of alkyl halides is 3. The van der Waals surface area contributed by atoms with E-state index in [1.54, 1.807) is 0 Å². The highest BCUT2D eigenvalue weighted by molar-refractivity contribution is 5.98. The van der Waals surface area contributed by atoms with Crippen molar-refractivity contribution in [3.63, 3.8) is 0 Å². The summed E-state index contributed by atoms with van der Waals surface area (Å²) in [6, 6.07) is 5.44. The summed E-state index contributed by atoms with van der Waals surface area (Å²) in [6.07, 6.45) is 4.74. The second-order valence-corrected chi connectivity index (χ2v) is 11.8. The van der Waals surface area contributed by atoms with E-state index in [1.165, 1.54) is 37.1 Å². The molecule has 1 unspecified atom stereocenters. The first kappa shape index (κ1) is 23.2. The lowest BCUT2D eigenvalue weighted by Gasteiger charge is -2.56. The summed E-state index contributed by atoms with van der Waals surface area (Å²) in [5.74, 6) is 2.97. The number of hydrogen-bond donors (Lipinski definition) is 1. The molecule has 33 heavy (non-hydrogen) atoms.